The first-order valence-corrected chi connectivity index (χ1v) is 8.21. The largest absolute Gasteiger partial charge is 0.493 e. The van der Waals surface area contributed by atoms with Gasteiger partial charge in [0.15, 0.2) is 11.5 Å². The third-order valence-corrected chi connectivity index (χ3v) is 4.42. The van der Waals surface area contributed by atoms with Crippen LogP contribution in [0.15, 0.2) is 42.5 Å². The Kier molecular flexibility index (Phi) is 4.86. The SMILES string of the molecule is COc1ccc(C(C)NC(=O)c2cc3cccc(Cl)c3[nH]2)cc1OC. The summed E-state index contributed by atoms with van der Waals surface area (Å²) < 4.78 is 10.5. The zero-order chi connectivity index (χ0) is 18.0. The molecule has 0 radical (unpaired) electrons. The molecule has 0 aliphatic rings. The van der Waals surface area contributed by atoms with E-state index in [1.807, 2.05) is 37.3 Å². The predicted molar refractivity (Wildman–Crippen MR) is 98.7 cm³/mol. The highest BCUT2D eigenvalue weighted by molar-refractivity contribution is 6.35. The Bertz CT molecular complexity index is 920. The molecule has 130 valence electrons. The van der Waals surface area contributed by atoms with Crippen molar-refractivity contribution in [2.75, 3.05) is 14.2 Å². The number of fused-ring (bicyclic) bond motifs is 1. The van der Waals surface area contributed by atoms with E-state index in [0.29, 0.717) is 22.2 Å². The van der Waals surface area contributed by atoms with Gasteiger partial charge in [0, 0.05) is 5.39 Å². The lowest BCUT2D eigenvalue weighted by Gasteiger charge is -2.16. The van der Waals surface area contributed by atoms with Crippen molar-refractivity contribution in [3.8, 4) is 11.5 Å². The van der Waals surface area contributed by atoms with E-state index in [1.54, 1.807) is 26.4 Å². The number of methoxy groups -OCH3 is 2. The maximum absolute atomic E-state index is 12.5. The van der Waals surface area contributed by atoms with Crippen LogP contribution in [0, 0.1) is 0 Å². The van der Waals surface area contributed by atoms with Crippen LogP contribution < -0.4 is 14.8 Å². The molecule has 6 heteroatoms. The highest BCUT2D eigenvalue weighted by Crippen LogP contribution is 2.30. The van der Waals surface area contributed by atoms with E-state index < -0.39 is 0 Å². The zero-order valence-corrected chi connectivity index (χ0v) is 15.0. The van der Waals surface area contributed by atoms with Crippen molar-refractivity contribution in [2.45, 2.75) is 13.0 Å². The summed E-state index contributed by atoms with van der Waals surface area (Å²) in [4.78, 5) is 15.6. The number of ether oxygens (including phenoxy) is 2. The molecule has 2 N–H and O–H groups in total. The first-order valence-electron chi connectivity index (χ1n) is 7.83. The molecule has 1 aromatic heterocycles. The number of aromatic nitrogens is 1. The van der Waals surface area contributed by atoms with Crippen molar-refractivity contribution >= 4 is 28.4 Å². The topological polar surface area (TPSA) is 63.3 Å². The van der Waals surface area contributed by atoms with Crippen LogP contribution in [-0.4, -0.2) is 25.1 Å². The van der Waals surface area contributed by atoms with Crippen molar-refractivity contribution in [3.05, 3.63) is 58.7 Å². The summed E-state index contributed by atoms with van der Waals surface area (Å²) in [5, 5.41) is 4.46. The minimum absolute atomic E-state index is 0.199. The van der Waals surface area contributed by atoms with E-state index in [9.17, 15) is 4.79 Å². The lowest BCUT2D eigenvalue weighted by Crippen LogP contribution is -2.26. The lowest BCUT2D eigenvalue weighted by atomic mass is 10.1. The maximum atomic E-state index is 12.5. The van der Waals surface area contributed by atoms with Crippen molar-refractivity contribution < 1.29 is 14.3 Å². The molecule has 0 aliphatic carbocycles. The van der Waals surface area contributed by atoms with E-state index in [4.69, 9.17) is 21.1 Å². The number of nitrogens with one attached hydrogen (secondary N) is 2. The molecule has 5 nitrogen and oxygen atoms in total. The fraction of sp³-hybridized carbons (Fsp3) is 0.211. The van der Waals surface area contributed by atoms with Gasteiger partial charge in [0.1, 0.15) is 5.69 Å². The van der Waals surface area contributed by atoms with E-state index in [0.717, 1.165) is 16.5 Å². The number of hydrogen-bond donors (Lipinski definition) is 2. The molecule has 1 amide bonds. The molecule has 0 saturated heterocycles. The van der Waals surface area contributed by atoms with Gasteiger partial charge < -0.3 is 19.8 Å². The van der Waals surface area contributed by atoms with Crippen LogP contribution in [0.3, 0.4) is 0 Å². The Labute approximate surface area is 150 Å². The first-order chi connectivity index (χ1) is 12.0. The number of carbonyl (C=O) groups excluding carboxylic acids is 1. The van der Waals surface area contributed by atoms with Crippen LogP contribution in [0.25, 0.3) is 10.9 Å². The second-order valence-corrected chi connectivity index (χ2v) is 6.10. The Morgan fingerprint density at radius 1 is 1.12 bits per heavy atom. The number of amides is 1. The van der Waals surface area contributed by atoms with Crippen LogP contribution in [0.4, 0.5) is 0 Å². The van der Waals surface area contributed by atoms with Crippen molar-refractivity contribution in [3.63, 3.8) is 0 Å². The van der Waals surface area contributed by atoms with Crippen LogP contribution in [0.1, 0.15) is 29.0 Å². The Morgan fingerprint density at radius 2 is 1.88 bits per heavy atom. The number of benzene rings is 2. The highest BCUT2D eigenvalue weighted by Gasteiger charge is 2.16. The van der Waals surface area contributed by atoms with Gasteiger partial charge in [-0.15, -0.1) is 0 Å². The van der Waals surface area contributed by atoms with Gasteiger partial charge in [-0.05, 0) is 36.8 Å². The molecular weight excluding hydrogens is 340 g/mol. The quantitative estimate of drug-likeness (QED) is 0.713. The fourth-order valence-corrected chi connectivity index (χ4v) is 2.95. The summed E-state index contributed by atoms with van der Waals surface area (Å²) in [5.41, 5.74) is 2.14. The average Bonchev–Trinajstić information content (AvgIpc) is 3.07. The van der Waals surface area contributed by atoms with Crippen molar-refractivity contribution in [2.24, 2.45) is 0 Å². The minimum Gasteiger partial charge on any atom is -0.493 e. The van der Waals surface area contributed by atoms with Gasteiger partial charge in [0.25, 0.3) is 5.91 Å². The summed E-state index contributed by atoms with van der Waals surface area (Å²) in [5.74, 6) is 1.07. The molecule has 3 aromatic rings. The molecule has 0 saturated carbocycles. The smallest absolute Gasteiger partial charge is 0.268 e. The van der Waals surface area contributed by atoms with Crippen LogP contribution in [0.5, 0.6) is 11.5 Å². The first kappa shape index (κ1) is 17.2. The molecule has 0 aliphatic heterocycles. The molecule has 1 unspecified atom stereocenters. The third-order valence-electron chi connectivity index (χ3n) is 4.11. The Morgan fingerprint density at radius 3 is 2.56 bits per heavy atom. The van der Waals surface area contributed by atoms with E-state index in [-0.39, 0.29) is 11.9 Å². The van der Waals surface area contributed by atoms with E-state index >= 15 is 0 Å². The van der Waals surface area contributed by atoms with Gasteiger partial charge in [0.2, 0.25) is 0 Å². The van der Waals surface area contributed by atoms with Gasteiger partial charge in [0.05, 0.1) is 30.8 Å². The highest BCUT2D eigenvalue weighted by atomic mass is 35.5. The maximum Gasteiger partial charge on any atom is 0.268 e. The number of aromatic amines is 1. The molecule has 3 rings (SSSR count). The third kappa shape index (κ3) is 3.42. The van der Waals surface area contributed by atoms with Crippen molar-refractivity contribution in [1.82, 2.24) is 10.3 Å². The van der Waals surface area contributed by atoms with Gasteiger partial charge in [-0.3, -0.25) is 4.79 Å². The molecule has 1 atom stereocenters. The number of rotatable bonds is 5. The van der Waals surface area contributed by atoms with Crippen molar-refractivity contribution in [1.29, 1.82) is 0 Å². The van der Waals surface area contributed by atoms with Crippen LogP contribution in [-0.2, 0) is 0 Å². The van der Waals surface area contributed by atoms with Crippen LogP contribution in [0.2, 0.25) is 5.02 Å². The van der Waals surface area contributed by atoms with Gasteiger partial charge in [-0.1, -0.05) is 29.8 Å². The standard InChI is InChI=1S/C19H19ClN2O3/c1-11(12-7-8-16(24-2)17(10-12)25-3)21-19(23)15-9-13-5-4-6-14(20)18(13)22-15/h4-11,22H,1-3H3,(H,21,23). The molecule has 0 fully saturated rings. The molecule has 25 heavy (non-hydrogen) atoms. The van der Waals surface area contributed by atoms with E-state index in [2.05, 4.69) is 10.3 Å². The summed E-state index contributed by atoms with van der Waals surface area (Å²) >= 11 is 6.15. The average molecular weight is 359 g/mol. The predicted octanol–water partition coefficient (Wildman–Crippen LogP) is 4.33. The van der Waals surface area contributed by atoms with Gasteiger partial charge in [-0.25, -0.2) is 0 Å². The zero-order valence-electron chi connectivity index (χ0n) is 14.2. The number of hydrogen-bond acceptors (Lipinski definition) is 3. The second kappa shape index (κ2) is 7.07. The summed E-state index contributed by atoms with van der Waals surface area (Å²) in [6.45, 7) is 1.91. The van der Waals surface area contributed by atoms with Gasteiger partial charge >= 0.3 is 0 Å². The molecule has 1 heterocycles. The fourth-order valence-electron chi connectivity index (χ4n) is 2.72. The Balaban J connectivity index is 1.80. The van der Waals surface area contributed by atoms with E-state index in [1.165, 1.54) is 0 Å². The monoisotopic (exact) mass is 358 g/mol. The van der Waals surface area contributed by atoms with Gasteiger partial charge in [-0.2, -0.15) is 0 Å². The summed E-state index contributed by atoms with van der Waals surface area (Å²) in [6, 6.07) is 12.7. The molecule has 0 spiro atoms. The molecule has 0 bridgehead atoms. The number of H-pyrrole nitrogens is 1. The lowest BCUT2D eigenvalue weighted by molar-refractivity contribution is 0.0935. The number of para-hydroxylation sites is 1. The number of carbonyl (C=O) groups is 1. The molecule has 2 aromatic carbocycles. The Hall–Kier alpha value is -2.66. The summed E-state index contributed by atoms with van der Waals surface area (Å²) in [7, 11) is 3.17. The normalized spacial score (nSPS) is 12.0. The summed E-state index contributed by atoms with van der Waals surface area (Å²) in [6.07, 6.45) is 0. The number of halogens is 1. The minimum atomic E-state index is -0.200. The van der Waals surface area contributed by atoms with Crippen LogP contribution >= 0.6 is 11.6 Å². The second-order valence-electron chi connectivity index (χ2n) is 5.70. The molecular formula is C19H19ClN2O3.